The Kier molecular flexibility index (Phi) is 4.08. The van der Waals surface area contributed by atoms with E-state index in [1.54, 1.807) is 0 Å². The predicted molar refractivity (Wildman–Crippen MR) is 81.5 cm³/mol. The van der Waals surface area contributed by atoms with Crippen molar-refractivity contribution in [2.75, 3.05) is 26.2 Å². The molecule has 1 aromatic rings. The number of hydrogen-bond donors (Lipinski definition) is 1. The Balaban J connectivity index is 1.81. The third kappa shape index (κ3) is 2.51. The van der Waals surface area contributed by atoms with Gasteiger partial charge in [0.1, 0.15) is 0 Å². The van der Waals surface area contributed by atoms with Gasteiger partial charge in [-0.05, 0) is 13.3 Å². The summed E-state index contributed by atoms with van der Waals surface area (Å²) >= 11 is 6.44. The molecule has 2 saturated heterocycles. The van der Waals surface area contributed by atoms with Gasteiger partial charge in [0.25, 0.3) is 0 Å². The number of piperazine rings is 1. The zero-order valence-corrected chi connectivity index (χ0v) is 13.4. The minimum atomic E-state index is 0.125. The van der Waals surface area contributed by atoms with Crippen LogP contribution in [0.2, 0.25) is 5.02 Å². The summed E-state index contributed by atoms with van der Waals surface area (Å²) in [4.78, 5) is 16.3. The lowest BCUT2D eigenvalue weighted by Gasteiger charge is -2.28. The van der Waals surface area contributed by atoms with Gasteiger partial charge in [0, 0.05) is 32.7 Å². The molecule has 1 aromatic heterocycles. The van der Waals surface area contributed by atoms with Crippen LogP contribution in [0, 0.1) is 0 Å². The van der Waals surface area contributed by atoms with E-state index in [0.29, 0.717) is 6.54 Å². The van der Waals surface area contributed by atoms with Crippen LogP contribution in [-0.4, -0.2) is 57.8 Å². The van der Waals surface area contributed by atoms with Crippen molar-refractivity contribution in [2.45, 2.75) is 39.4 Å². The van der Waals surface area contributed by atoms with E-state index < -0.39 is 0 Å². The highest BCUT2D eigenvalue weighted by Gasteiger charge is 2.38. The van der Waals surface area contributed by atoms with Crippen molar-refractivity contribution < 1.29 is 4.79 Å². The zero-order valence-electron chi connectivity index (χ0n) is 12.6. The molecule has 6 nitrogen and oxygen atoms in total. The number of aryl methyl sites for hydroxylation is 2. The summed E-state index contributed by atoms with van der Waals surface area (Å²) in [5, 5.41) is 8.59. The molecule has 1 N–H and O–H groups in total. The van der Waals surface area contributed by atoms with Crippen LogP contribution >= 0.6 is 11.6 Å². The van der Waals surface area contributed by atoms with Gasteiger partial charge in [-0.25, -0.2) is 4.79 Å². The van der Waals surface area contributed by atoms with Gasteiger partial charge in [-0.2, -0.15) is 5.10 Å². The molecule has 2 amide bonds. The van der Waals surface area contributed by atoms with Crippen LogP contribution in [0.15, 0.2) is 0 Å². The second-order valence-electron chi connectivity index (χ2n) is 5.59. The Morgan fingerprint density at radius 2 is 2.24 bits per heavy atom. The normalized spacial score (nSPS) is 22.0. The number of fused-ring (bicyclic) bond motifs is 1. The zero-order chi connectivity index (χ0) is 15.0. The van der Waals surface area contributed by atoms with Crippen molar-refractivity contribution in [2.24, 2.45) is 0 Å². The van der Waals surface area contributed by atoms with Crippen LogP contribution in [0.25, 0.3) is 0 Å². The lowest BCUT2D eigenvalue weighted by atomic mass is 10.2. The van der Waals surface area contributed by atoms with Crippen molar-refractivity contribution in [1.82, 2.24) is 24.9 Å². The second-order valence-corrected chi connectivity index (χ2v) is 5.97. The molecule has 1 atom stereocenters. The van der Waals surface area contributed by atoms with E-state index in [1.807, 2.05) is 28.3 Å². The van der Waals surface area contributed by atoms with E-state index in [0.717, 1.165) is 55.6 Å². The van der Waals surface area contributed by atoms with E-state index in [4.69, 9.17) is 11.6 Å². The minimum absolute atomic E-state index is 0.125. The lowest BCUT2D eigenvalue weighted by molar-refractivity contribution is 0.177. The number of carbonyl (C=O) groups excluding carboxylic acids is 1. The molecule has 7 heteroatoms. The number of rotatable bonds is 4. The average Bonchev–Trinajstić information content (AvgIpc) is 2.99. The molecule has 2 fully saturated rings. The summed E-state index contributed by atoms with van der Waals surface area (Å²) in [6, 6.07) is 0.410. The summed E-state index contributed by atoms with van der Waals surface area (Å²) in [6.07, 6.45) is 0.811. The number of urea groups is 1. The molecule has 0 radical (unpaired) electrons. The van der Waals surface area contributed by atoms with Gasteiger partial charge in [-0.1, -0.05) is 18.5 Å². The maximum atomic E-state index is 12.5. The lowest BCUT2D eigenvalue weighted by Crippen LogP contribution is -2.49. The van der Waals surface area contributed by atoms with Crippen molar-refractivity contribution >= 4 is 17.6 Å². The van der Waals surface area contributed by atoms with Crippen molar-refractivity contribution in [3.05, 3.63) is 16.4 Å². The van der Waals surface area contributed by atoms with Crippen LogP contribution in [-0.2, 0) is 19.5 Å². The van der Waals surface area contributed by atoms with Gasteiger partial charge in [0.15, 0.2) is 0 Å². The Morgan fingerprint density at radius 3 is 2.90 bits per heavy atom. The van der Waals surface area contributed by atoms with Gasteiger partial charge in [0.2, 0.25) is 0 Å². The molecule has 0 saturated carbocycles. The number of nitrogens with zero attached hydrogens (tertiary/aromatic N) is 4. The molecule has 21 heavy (non-hydrogen) atoms. The third-order valence-electron chi connectivity index (χ3n) is 4.33. The smallest absolute Gasteiger partial charge is 0.317 e. The van der Waals surface area contributed by atoms with Crippen molar-refractivity contribution in [1.29, 1.82) is 0 Å². The number of halogens is 1. The highest BCUT2D eigenvalue weighted by molar-refractivity contribution is 6.31. The van der Waals surface area contributed by atoms with Crippen LogP contribution in [0.3, 0.4) is 0 Å². The molecule has 0 aromatic carbocycles. The maximum absolute atomic E-state index is 12.5. The van der Waals surface area contributed by atoms with E-state index in [-0.39, 0.29) is 12.1 Å². The average molecular weight is 312 g/mol. The summed E-state index contributed by atoms with van der Waals surface area (Å²) in [5.41, 5.74) is 1.87. The SMILES string of the molecule is CCc1nn(CC)c(CN2CC3CNCCN3C2=O)c1Cl. The fraction of sp³-hybridized carbons (Fsp3) is 0.714. The monoisotopic (exact) mass is 311 g/mol. The Hall–Kier alpha value is -1.27. The van der Waals surface area contributed by atoms with Crippen molar-refractivity contribution in [3.63, 3.8) is 0 Å². The largest absolute Gasteiger partial charge is 0.320 e. The topological polar surface area (TPSA) is 53.4 Å². The Morgan fingerprint density at radius 1 is 1.43 bits per heavy atom. The highest BCUT2D eigenvalue weighted by Crippen LogP contribution is 2.26. The van der Waals surface area contributed by atoms with Crippen LogP contribution in [0.5, 0.6) is 0 Å². The maximum Gasteiger partial charge on any atom is 0.320 e. The molecular weight excluding hydrogens is 290 g/mol. The first-order chi connectivity index (χ1) is 10.2. The van der Waals surface area contributed by atoms with Gasteiger partial charge in [-0.3, -0.25) is 4.68 Å². The number of aromatic nitrogens is 2. The highest BCUT2D eigenvalue weighted by atomic mass is 35.5. The van der Waals surface area contributed by atoms with Gasteiger partial charge in [-0.15, -0.1) is 0 Å². The second kappa shape index (κ2) is 5.85. The number of carbonyl (C=O) groups is 1. The third-order valence-corrected chi connectivity index (χ3v) is 4.77. The minimum Gasteiger partial charge on any atom is -0.317 e. The Bertz CT molecular complexity index is 544. The van der Waals surface area contributed by atoms with Gasteiger partial charge >= 0.3 is 6.03 Å². The molecule has 0 bridgehead atoms. The number of hydrogen-bond acceptors (Lipinski definition) is 3. The summed E-state index contributed by atoms with van der Waals surface area (Å²) < 4.78 is 1.92. The van der Waals surface area contributed by atoms with Crippen molar-refractivity contribution in [3.8, 4) is 0 Å². The predicted octanol–water partition coefficient (Wildman–Crippen LogP) is 1.33. The number of nitrogens with one attached hydrogen (secondary N) is 1. The van der Waals surface area contributed by atoms with E-state index in [2.05, 4.69) is 10.4 Å². The summed E-state index contributed by atoms with van der Waals surface area (Å²) in [6.45, 7) is 8.72. The molecule has 2 aliphatic rings. The molecule has 1 unspecified atom stereocenters. The summed E-state index contributed by atoms with van der Waals surface area (Å²) in [5.74, 6) is 0. The molecular formula is C14H22ClN5O. The molecule has 0 aliphatic carbocycles. The first-order valence-electron chi connectivity index (χ1n) is 7.66. The first-order valence-corrected chi connectivity index (χ1v) is 8.03. The fourth-order valence-corrected chi connectivity index (χ4v) is 3.50. The van der Waals surface area contributed by atoms with E-state index in [9.17, 15) is 4.79 Å². The van der Waals surface area contributed by atoms with Crippen LogP contribution in [0.4, 0.5) is 4.79 Å². The standard InChI is InChI=1S/C14H22ClN5O/c1-3-11-13(15)12(20(4-2)17-11)9-18-8-10-7-16-5-6-19(10)14(18)21/h10,16H,3-9H2,1-2H3. The molecule has 2 aliphatic heterocycles. The quantitative estimate of drug-likeness (QED) is 0.912. The molecule has 116 valence electrons. The summed E-state index contributed by atoms with van der Waals surface area (Å²) in [7, 11) is 0. The van der Waals surface area contributed by atoms with Crippen LogP contribution < -0.4 is 5.32 Å². The fourth-order valence-electron chi connectivity index (χ4n) is 3.17. The molecule has 3 heterocycles. The van der Waals surface area contributed by atoms with E-state index in [1.165, 1.54) is 0 Å². The van der Waals surface area contributed by atoms with Gasteiger partial charge < -0.3 is 15.1 Å². The molecule has 3 rings (SSSR count). The Labute approximate surface area is 130 Å². The van der Waals surface area contributed by atoms with Crippen LogP contribution in [0.1, 0.15) is 25.2 Å². The van der Waals surface area contributed by atoms with E-state index >= 15 is 0 Å². The van der Waals surface area contributed by atoms with Gasteiger partial charge in [0.05, 0.1) is 29.0 Å². The molecule has 0 spiro atoms. The first kappa shape index (κ1) is 14.7. The number of amides is 2.